The monoisotopic (exact) mass is 400 g/mol. The van der Waals surface area contributed by atoms with Crippen molar-refractivity contribution in [1.82, 2.24) is 10.2 Å². The van der Waals surface area contributed by atoms with E-state index in [0.29, 0.717) is 39.1 Å². The van der Waals surface area contributed by atoms with Crippen LogP contribution in [0.5, 0.6) is 0 Å². The van der Waals surface area contributed by atoms with Gasteiger partial charge in [0.2, 0.25) is 5.91 Å². The Labute approximate surface area is 170 Å². The lowest BCUT2D eigenvalue weighted by Crippen LogP contribution is -2.62. The number of nitrogens with zero attached hydrogens (tertiary/aromatic N) is 1. The van der Waals surface area contributed by atoms with Gasteiger partial charge in [0.25, 0.3) is 5.91 Å². The molecule has 1 unspecified atom stereocenters. The molecule has 150 valence electrons. The first-order valence-corrected chi connectivity index (χ1v) is 10.8. The first-order valence-electron chi connectivity index (χ1n) is 9.91. The molecule has 0 saturated carbocycles. The number of morpholine rings is 1. The van der Waals surface area contributed by atoms with Crippen LogP contribution in [0.15, 0.2) is 41.8 Å². The summed E-state index contributed by atoms with van der Waals surface area (Å²) < 4.78 is 6.04. The van der Waals surface area contributed by atoms with E-state index < -0.39 is 5.60 Å². The molecule has 0 spiro atoms. The van der Waals surface area contributed by atoms with Crippen LogP contribution in [0.3, 0.4) is 0 Å². The maximum absolute atomic E-state index is 12.9. The van der Waals surface area contributed by atoms with Gasteiger partial charge in [-0.2, -0.15) is 0 Å². The third-order valence-corrected chi connectivity index (χ3v) is 5.92. The summed E-state index contributed by atoms with van der Waals surface area (Å²) in [7, 11) is 0. The molecular weight excluding hydrogens is 372 g/mol. The highest BCUT2D eigenvalue weighted by molar-refractivity contribution is 7.13. The Morgan fingerprint density at radius 3 is 2.64 bits per heavy atom. The standard InChI is InChI=1S/C22H28N2O3S/c1-3-6-20(25)24-12-13-27-22(16-24,21(26)23-4-2)15-17-8-10-18(11-9-17)19-7-5-14-28-19/h5,7-11,14H,3-4,6,12-13,15-16H2,1-2H3,(H,23,26). The van der Waals surface area contributed by atoms with E-state index >= 15 is 0 Å². The van der Waals surface area contributed by atoms with Gasteiger partial charge in [-0.15, -0.1) is 11.3 Å². The molecule has 5 nitrogen and oxygen atoms in total. The second-order valence-electron chi connectivity index (χ2n) is 7.12. The van der Waals surface area contributed by atoms with Crippen LogP contribution < -0.4 is 5.32 Å². The molecule has 2 aromatic rings. The quantitative estimate of drug-likeness (QED) is 0.774. The molecule has 1 aliphatic rings. The van der Waals surface area contributed by atoms with Crippen LogP contribution in [0.2, 0.25) is 0 Å². The van der Waals surface area contributed by atoms with Crippen molar-refractivity contribution >= 4 is 23.2 Å². The number of thiophene rings is 1. The molecule has 6 heteroatoms. The maximum atomic E-state index is 12.9. The fourth-order valence-electron chi connectivity index (χ4n) is 3.57. The number of carbonyl (C=O) groups is 2. The summed E-state index contributed by atoms with van der Waals surface area (Å²) >= 11 is 1.70. The Bertz CT molecular complexity index is 789. The fraction of sp³-hybridized carbons (Fsp3) is 0.455. The van der Waals surface area contributed by atoms with Gasteiger partial charge in [-0.3, -0.25) is 9.59 Å². The van der Waals surface area contributed by atoms with Crippen LogP contribution in [-0.4, -0.2) is 48.6 Å². The van der Waals surface area contributed by atoms with Crippen molar-refractivity contribution in [1.29, 1.82) is 0 Å². The van der Waals surface area contributed by atoms with Gasteiger partial charge in [0.15, 0.2) is 5.60 Å². The van der Waals surface area contributed by atoms with Crippen molar-refractivity contribution in [3.05, 3.63) is 47.3 Å². The smallest absolute Gasteiger partial charge is 0.254 e. The number of benzene rings is 1. The molecule has 2 amide bonds. The summed E-state index contributed by atoms with van der Waals surface area (Å²) in [6.45, 7) is 5.63. The van der Waals surface area contributed by atoms with Crippen LogP contribution in [0, 0.1) is 0 Å². The minimum atomic E-state index is -1.04. The number of likely N-dealkylation sites (N-methyl/N-ethyl adjacent to an activating group) is 1. The summed E-state index contributed by atoms with van der Waals surface area (Å²) in [5.74, 6) is -0.0566. The Morgan fingerprint density at radius 2 is 2.00 bits per heavy atom. The molecule has 1 atom stereocenters. The number of hydrogen-bond donors (Lipinski definition) is 1. The van der Waals surface area contributed by atoms with E-state index in [2.05, 4.69) is 28.9 Å². The van der Waals surface area contributed by atoms with Crippen molar-refractivity contribution in [2.24, 2.45) is 0 Å². The molecule has 1 N–H and O–H groups in total. The van der Waals surface area contributed by atoms with E-state index in [-0.39, 0.29) is 11.8 Å². The highest BCUT2D eigenvalue weighted by Crippen LogP contribution is 2.28. The summed E-state index contributed by atoms with van der Waals surface area (Å²) in [5, 5.41) is 4.96. The van der Waals surface area contributed by atoms with Gasteiger partial charge < -0.3 is 15.0 Å². The molecule has 1 aromatic carbocycles. The summed E-state index contributed by atoms with van der Waals surface area (Å²) in [4.78, 5) is 28.4. The van der Waals surface area contributed by atoms with Gasteiger partial charge in [-0.25, -0.2) is 0 Å². The number of rotatable bonds is 7. The molecule has 0 bridgehead atoms. The Kier molecular flexibility index (Phi) is 6.86. The van der Waals surface area contributed by atoms with Crippen molar-refractivity contribution in [2.75, 3.05) is 26.2 Å². The summed E-state index contributed by atoms with van der Waals surface area (Å²) in [5.41, 5.74) is 1.15. The largest absolute Gasteiger partial charge is 0.361 e. The summed E-state index contributed by atoms with van der Waals surface area (Å²) in [6, 6.07) is 12.4. The molecule has 1 aliphatic heterocycles. The van der Waals surface area contributed by atoms with Gasteiger partial charge in [-0.05, 0) is 35.9 Å². The van der Waals surface area contributed by atoms with Gasteiger partial charge in [0.05, 0.1) is 13.2 Å². The molecule has 3 rings (SSSR count). The molecule has 2 heterocycles. The second kappa shape index (κ2) is 9.34. The first-order chi connectivity index (χ1) is 13.6. The Balaban J connectivity index is 1.81. The predicted molar refractivity (Wildman–Crippen MR) is 112 cm³/mol. The highest BCUT2D eigenvalue weighted by Gasteiger charge is 2.44. The topological polar surface area (TPSA) is 58.6 Å². The second-order valence-corrected chi connectivity index (χ2v) is 8.07. The maximum Gasteiger partial charge on any atom is 0.254 e. The lowest BCUT2D eigenvalue weighted by molar-refractivity contribution is -0.166. The zero-order valence-corrected chi connectivity index (χ0v) is 17.4. The first kappa shape index (κ1) is 20.6. The number of carbonyl (C=O) groups excluding carboxylic acids is 2. The van der Waals surface area contributed by atoms with Crippen molar-refractivity contribution in [3.8, 4) is 10.4 Å². The minimum absolute atomic E-state index is 0.0903. The van der Waals surface area contributed by atoms with Crippen LogP contribution in [0.25, 0.3) is 10.4 Å². The molecule has 0 aliphatic carbocycles. The van der Waals surface area contributed by atoms with Crippen molar-refractivity contribution in [2.45, 2.75) is 38.7 Å². The molecule has 1 aromatic heterocycles. The van der Waals surface area contributed by atoms with Gasteiger partial charge in [-0.1, -0.05) is 37.3 Å². The zero-order valence-electron chi connectivity index (χ0n) is 16.6. The van der Waals surface area contributed by atoms with Crippen molar-refractivity contribution < 1.29 is 14.3 Å². The Morgan fingerprint density at radius 1 is 1.21 bits per heavy atom. The van der Waals surface area contributed by atoms with E-state index in [9.17, 15) is 9.59 Å². The van der Waals surface area contributed by atoms with Gasteiger partial charge in [0, 0.05) is 30.8 Å². The van der Waals surface area contributed by atoms with Crippen LogP contribution in [-0.2, 0) is 20.7 Å². The molecule has 28 heavy (non-hydrogen) atoms. The molecule has 0 radical (unpaired) electrons. The fourth-order valence-corrected chi connectivity index (χ4v) is 4.31. The van der Waals surface area contributed by atoms with E-state index in [4.69, 9.17) is 4.74 Å². The van der Waals surface area contributed by atoms with Crippen molar-refractivity contribution in [3.63, 3.8) is 0 Å². The average Bonchev–Trinajstić information content (AvgIpc) is 3.24. The summed E-state index contributed by atoms with van der Waals surface area (Å²) in [6.07, 6.45) is 1.75. The number of amides is 2. The van der Waals surface area contributed by atoms with Crippen LogP contribution in [0.1, 0.15) is 32.3 Å². The zero-order chi connectivity index (χ0) is 20.0. The normalized spacial score (nSPS) is 19.4. The number of ether oxygens (including phenoxy) is 1. The molecule has 1 fully saturated rings. The van der Waals surface area contributed by atoms with Gasteiger partial charge >= 0.3 is 0 Å². The highest BCUT2D eigenvalue weighted by atomic mass is 32.1. The third-order valence-electron chi connectivity index (χ3n) is 5.00. The van der Waals surface area contributed by atoms with E-state index in [1.165, 1.54) is 4.88 Å². The van der Waals surface area contributed by atoms with E-state index in [0.717, 1.165) is 17.5 Å². The third kappa shape index (κ3) is 4.62. The van der Waals surface area contributed by atoms with Crippen LogP contribution in [0.4, 0.5) is 0 Å². The number of nitrogens with one attached hydrogen (secondary N) is 1. The predicted octanol–water partition coefficient (Wildman–Crippen LogP) is 3.49. The Hall–Kier alpha value is -2.18. The van der Waals surface area contributed by atoms with Gasteiger partial charge in [0.1, 0.15) is 0 Å². The lowest BCUT2D eigenvalue weighted by Gasteiger charge is -2.41. The van der Waals surface area contributed by atoms with E-state index in [1.807, 2.05) is 32.0 Å². The number of hydrogen-bond acceptors (Lipinski definition) is 4. The molecule has 1 saturated heterocycles. The minimum Gasteiger partial charge on any atom is -0.361 e. The SMILES string of the molecule is CCCC(=O)N1CCOC(Cc2ccc(-c3cccs3)cc2)(C(=O)NCC)C1. The van der Waals surface area contributed by atoms with E-state index in [1.54, 1.807) is 16.2 Å². The average molecular weight is 401 g/mol. The lowest BCUT2D eigenvalue weighted by atomic mass is 9.90. The molecular formula is C22H28N2O3S. The van der Waals surface area contributed by atoms with Crippen LogP contribution >= 0.6 is 11.3 Å².